The van der Waals surface area contributed by atoms with Crippen LogP contribution in [0.1, 0.15) is 0 Å². The average molecular weight is 417 g/mol. The fraction of sp³-hybridized carbons (Fsp3) is 0. The molecule has 0 aliphatic carbocycles. The van der Waals surface area contributed by atoms with Crippen LogP contribution in [-0.4, -0.2) is 18.4 Å². The van der Waals surface area contributed by atoms with Crippen molar-refractivity contribution in [1.29, 1.82) is 0 Å². The van der Waals surface area contributed by atoms with E-state index in [4.69, 9.17) is 34.8 Å². The second-order valence-corrected chi connectivity index (χ2v) is 7.24. The van der Waals surface area contributed by atoms with Crippen molar-refractivity contribution < 1.29 is 8.42 Å². The van der Waals surface area contributed by atoms with Crippen molar-refractivity contribution in [2.75, 3.05) is 4.72 Å². The van der Waals surface area contributed by atoms with Gasteiger partial charge in [-0.05, 0) is 18.2 Å². The third-order valence-electron chi connectivity index (χ3n) is 2.08. The highest BCUT2D eigenvalue weighted by Crippen LogP contribution is 2.33. The van der Waals surface area contributed by atoms with E-state index < -0.39 is 10.0 Å². The van der Waals surface area contributed by atoms with Crippen LogP contribution in [0, 0.1) is 0 Å². The van der Waals surface area contributed by atoms with Crippen molar-refractivity contribution in [1.82, 2.24) is 9.97 Å². The van der Waals surface area contributed by atoms with Gasteiger partial charge in [-0.25, -0.2) is 23.1 Å². The normalized spacial score (nSPS) is 11.4. The van der Waals surface area contributed by atoms with Gasteiger partial charge in [-0.2, -0.15) is 0 Å². The number of nitrogens with zero attached hydrogens (tertiary/aromatic N) is 2. The van der Waals surface area contributed by atoms with Crippen molar-refractivity contribution in [3.8, 4) is 0 Å². The summed E-state index contributed by atoms with van der Waals surface area (Å²) in [4.78, 5) is 7.22. The Morgan fingerprint density at radius 1 is 1.15 bits per heavy atom. The van der Waals surface area contributed by atoms with E-state index in [1.165, 1.54) is 24.4 Å². The third-order valence-corrected chi connectivity index (χ3v) is 5.00. The summed E-state index contributed by atoms with van der Waals surface area (Å²) in [7, 11) is -4.03. The molecule has 20 heavy (non-hydrogen) atoms. The maximum atomic E-state index is 12.2. The van der Waals surface area contributed by atoms with E-state index in [0.717, 1.165) is 0 Å². The maximum Gasteiger partial charge on any atom is 0.267 e. The predicted octanol–water partition coefficient (Wildman–Crippen LogP) is 4.00. The first kappa shape index (κ1) is 15.8. The van der Waals surface area contributed by atoms with Gasteiger partial charge in [-0.1, -0.05) is 50.7 Å². The van der Waals surface area contributed by atoms with Gasteiger partial charge in [0.25, 0.3) is 10.0 Å². The van der Waals surface area contributed by atoms with Gasteiger partial charge in [0.05, 0.1) is 10.0 Å². The molecular weight excluding hydrogens is 412 g/mol. The van der Waals surface area contributed by atoms with E-state index in [-0.39, 0.29) is 26.0 Å². The molecule has 0 radical (unpaired) electrons. The molecule has 5 nitrogen and oxygen atoms in total. The second kappa shape index (κ2) is 6.03. The highest BCUT2D eigenvalue weighted by Gasteiger charge is 2.23. The number of halogens is 4. The Labute approximate surface area is 138 Å². The minimum atomic E-state index is -4.03. The average Bonchev–Trinajstić information content (AvgIpc) is 2.25. The lowest BCUT2D eigenvalue weighted by atomic mass is 10.4. The summed E-state index contributed by atoms with van der Waals surface area (Å²) < 4.78 is 27.2. The number of sulfonamides is 1. The predicted molar refractivity (Wildman–Crippen MR) is 82.0 cm³/mol. The summed E-state index contributed by atoms with van der Waals surface area (Å²) in [6.07, 6.45) is 1.32. The Morgan fingerprint density at radius 2 is 1.75 bits per heavy atom. The zero-order valence-electron chi connectivity index (χ0n) is 9.44. The molecular formula is C10H5BrCl3N3O2S. The maximum absolute atomic E-state index is 12.2. The summed E-state index contributed by atoms with van der Waals surface area (Å²) >= 11 is 20.7. The van der Waals surface area contributed by atoms with Crippen molar-refractivity contribution >= 4 is 66.7 Å². The lowest BCUT2D eigenvalue weighted by Crippen LogP contribution is -2.16. The fourth-order valence-corrected chi connectivity index (χ4v) is 4.37. The van der Waals surface area contributed by atoms with Crippen molar-refractivity contribution in [3.05, 3.63) is 44.1 Å². The lowest BCUT2D eigenvalue weighted by Gasteiger charge is -2.10. The molecule has 1 heterocycles. The molecule has 106 valence electrons. The van der Waals surface area contributed by atoms with Crippen LogP contribution in [-0.2, 0) is 10.0 Å². The Hall–Kier alpha value is -0.600. The van der Waals surface area contributed by atoms with Crippen LogP contribution in [0.25, 0.3) is 0 Å². The first-order chi connectivity index (χ1) is 9.29. The molecule has 2 aromatic rings. The zero-order chi connectivity index (χ0) is 14.9. The van der Waals surface area contributed by atoms with Crippen LogP contribution in [0.15, 0.2) is 33.8 Å². The number of aromatic nitrogens is 2. The Balaban J connectivity index is 2.46. The van der Waals surface area contributed by atoms with Crippen LogP contribution < -0.4 is 4.72 Å². The van der Waals surface area contributed by atoms with Gasteiger partial charge < -0.3 is 0 Å². The van der Waals surface area contributed by atoms with Crippen LogP contribution in [0.3, 0.4) is 0 Å². The molecule has 2 rings (SSSR count). The van der Waals surface area contributed by atoms with E-state index in [1.54, 1.807) is 0 Å². The number of hydrogen-bond acceptors (Lipinski definition) is 4. The molecule has 0 fully saturated rings. The number of benzene rings is 1. The van der Waals surface area contributed by atoms with E-state index in [9.17, 15) is 8.42 Å². The van der Waals surface area contributed by atoms with Crippen molar-refractivity contribution in [2.24, 2.45) is 0 Å². The van der Waals surface area contributed by atoms with Crippen molar-refractivity contribution in [3.63, 3.8) is 0 Å². The standard InChI is InChI=1S/C10H5BrCl3N3O2S/c11-5-3-6(12)9(7(13)4-5)20(18,19)17-10-15-2-1-8(14)16-10/h1-4H,(H,15,16,17). The number of nitrogens with one attached hydrogen (secondary N) is 1. The SMILES string of the molecule is O=S(=O)(Nc1nccc(Cl)n1)c1c(Cl)cc(Br)cc1Cl. The Kier molecular flexibility index (Phi) is 4.76. The molecule has 0 amide bonds. The van der Waals surface area contributed by atoms with Gasteiger partial charge >= 0.3 is 0 Å². The Morgan fingerprint density at radius 3 is 2.30 bits per heavy atom. The Bertz CT molecular complexity index is 747. The number of rotatable bonds is 3. The first-order valence-electron chi connectivity index (χ1n) is 4.95. The summed E-state index contributed by atoms with van der Waals surface area (Å²) in [5.74, 6) is -0.174. The third kappa shape index (κ3) is 3.53. The van der Waals surface area contributed by atoms with Gasteiger partial charge in [0.15, 0.2) is 0 Å². The molecule has 1 aromatic heterocycles. The fourth-order valence-electron chi connectivity index (χ4n) is 1.34. The second-order valence-electron chi connectivity index (χ2n) is 3.51. The summed E-state index contributed by atoms with van der Waals surface area (Å²) in [6.45, 7) is 0. The van der Waals surface area contributed by atoms with E-state index >= 15 is 0 Å². The van der Waals surface area contributed by atoms with Crippen LogP contribution in [0.2, 0.25) is 15.2 Å². The minimum absolute atomic E-state index is 0.0288. The molecule has 10 heteroatoms. The smallest absolute Gasteiger partial charge is 0.247 e. The highest BCUT2D eigenvalue weighted by molar-refractivity contribution is 9.10. The van der Waals surface area contributed by atoms with Gasteiger partial charge in [-0.15, -0.1) is 0 Å². The van der Waals surface area contributed by atoms with E-state index in [0.29, 0.717) is 4.47 Å². The molecule has 1 aromatic carbocycles. The van der Waals surface area contributed by atoms with Gasteiger partial charge in [0.2, 0.25) is 5.95 Å². The summed E-state index contributed by atoms with van der Waals surface area (Å²) in [5.41, 5.74) is 0. The monoisotopic (exact) mass is 415 g/mol. The number of hydrogen-bond donors (Lipinski definition) is 1. The zero-order valence-corrected chi connectivity index (χ0v) is 14.1. The molecule has 0 saturated carbocycles. The molecule has 0 aliphatic rings. The van der Waals surface area contributed by atoms with E-state index in [1.807, 2.05) is 0 Å². The first-order valence-corrected chi connectivity index (χ1v) is 8.36. The van der Waals surface area contributed by atoms with Crippen LogP contribution in [0.5, 0.6) is 0 Å². The molecule has 1 N–H and O–H groups in total. The molecule has 0 saturated heterocycles. The van der Waals surface area contributed by atoms with Crippen LogP contribution in [0.4, 0.5) is 5.95 Å². The topological polar surface area (TPSA) is 72.0 Å². The van der Waals surface area contributed by atoms with Crippen molar-refractivity contribution in [2.45, 2.75) is 4.90 Å². The van der Waals surface area contributed by atoms with Crippen LogP contribution >= 0.6 is 50.7 Å². The quantitative estimate of drug-likeness (QED) is 0.767. The summed E-state index contributed by atoms with van der Waals surface area (Å²) in [5, 5.41) is 0.0449. The van der Waals surface area contributed by atoms with Gasteiger partial charge in [0.1, 0.15) is 10.0 Å². The van der Waals surface area contributed by atoms with Gasteiger partial charge in [-0.3, -0.25) is 0 Å². The van der Waals surface area contributed by atoms with Gasteiger partial charge in [0, 0.05) is 10.7 Å². The number of anilines is 1. The molecule has 0 bridgehead atoms. The summed E-state index contributed by atoms with van der Waals surface area (Å²) in [6, 6.07) is 4.25. The highest BCUT2D eigenvalue weighted by atomic mass is 79.9. The molecule has 0 aliphatic heterocycles. The molecule has 0 atom stereocenters. The van der Waals surface area contributed by atoms with E-state index in [2.05, 4.69) is 30.6 Å². The molecule has 0 unspecified atom stereocenters. The largest absolute Gasteiger partial charge is 0.267 e. The minimum Gasteiger partial charge on any atom is -0.247 e. The lowest BCUT2D eigenvalue weighted by molar-refractivity contribution is 0.601. The molecule has 0 spiro atoms.